The van der Waals surface area contributed by atoms with Crippen molar-refractivity contribution >= 4 is 55.3 Å². The van der Waals surface area contributed by atoms with Gasteiger partial charge >= 0.3 is 0 Å². The molecule has 0 atom stereocenters. The summed E-state index contributed by atoms with van der Waals surface area (Å²) in [5.74, 6) is 0.758. The van der Waals surface area contributed by atoms with Gasteiger partial charge in [0.15, 0.2) is 12.4 Å². The van der Waals surface area contributed by atoms with Gasteiger partial charge in [-0.1, -0.05) is 15.9 Å². The molecule has 2 aromatic carbocycles. The van der Waals surface area contributed by atoms with Gasteiger partial charge in [-0.2, -0.15) is 0 Å². The minimum atomic E-state index is -0.239. The third-order valence-electron chi connectivity index (χ3n) is 3.55. The number of hydrogen-bond donors (Lipinski definition) is 1. The van der Waals surface area contributed by atoms with E-state index in [0.717, 1.165) is 14.5 Å². The van der Waals surface area contributed by atoms with Gasteiger partial charge in [0.05, 0.1) is 17.3 Å². The summed E-state index contributed by atoms with van der Waals surface area (Å²) >= 11 is 6.85. The van der Waals surface area contributed by atoms with Gasteiger partial charge in [0.25, 0.3) is 5.91 Å². The number of benzene rings is 2. The summed E-state index contributed by atoms with van der Waals surface area (Å²) in [7, 11) is 1.57. The molecule has 0 fully saturated rings. The quantitative estimate of drug-likeness (QED) is 0.534. The molecule has 5 nitrogen and oxygen atoms in total. The molecule has 2 aromatic rings. The number of anilines is 1. The van der Waals surface area contributed by atoms with Crippen LogP contribution in [-0.4, -0.2) is 25.4 Å². The van der Waals surface area contributed by atoms with Gasteiger partial charge in [-0.05, 0) is 58.4 Å². The van der Waals surface area contributed by atoms with Crippen LogP contribution in [0.25, 0.3) is 6.08 Å². The van der Waals surface area contributed by atoms with E-state index in [1.54, 1.807) is 31.4 Å². The molecular formula is C18H13Br2NO4. The molecule has 0 bridgehead atoms. The zero-order chi connectivity index (χ0) is 18.0. The zero-order valence-electron chi connectivity index (χ0n) is 13.1. The molecule has 7 heteroatoms. The Morgan fingerprint density at radius 3 is 2.84 bits per heavy atom. The molecule has 128 valence electrons. The van der Waals surface area contributed by atoms with Crippen molar-refractivity contribution < 1.29 is 19.1 Å². The van der Waals surface area contributed by atoms with Crippen LogP contribution in [0.3, 0.4) is 0 Å². The summed E-state index contributed by atoms with van der Waals surface area (Å²) in [6, 6.07) is 8.66. The minimum absolute atomic E-state index is 0.0161. The van der Waals surface area contributed by atoms with Crippen molar-refractivity contribution in [1.82, 2.24) is 0 Å². The van der Waals surface area contributed by atoms with Crippen molar-refractivity contribution in [2.24, 2.45) is 0 Å². The van der Waals surface area contributed by atoms with Gasteiger partial charge in [-0.3, -0.25) is 9.59 Å². The van der Waals surface area contributed by atoms with Gasteiger partial charge in [-0.15, -0.1) is 0 Å². The van der Waals surface area contributed by atoms with Crippen LogP contribution < -0.4 is 14.8 Å². The number of nitrogens with one attached hydrogen (secondary N) is 1. The summed E-state index contributed by atoms with van der Waals surface area (Å²) < 4.78 is 12.3. The predicted octanol–water partition coefficient (Wildman–Crippen LogP) is 4.45. The Labute approximate surface area is 161 Å². The van der Waals surface area contributed by atoms with E-state index >= 15 is 0 Å². The number of ether oxygens (including phenoxy) is 2. The molecule has 1 aliphatic heterocycles. The van der Waals surface area contributed by atoms with Crippen LogP contribution in [0.1, 0.15) is 15.9 Å². The molecule has 25 heavy (non-hydrogen) atoms. The fourth-order valence-corrected chi connectivity index (χ4v) is 3.84. The summed E-state index contributed by atoms with van der Waals surface area (Å²) in [5, 5.41) is 2.69. The summed E-state index contributed by atoms with van der Waals surface area (Å²) in [4.78, 5) is 23.8. The Balaban J connectivity index is 1.87. The molecule has 0 saturated carbocycles. The maximum Gasteiger partial charge on any atom is 0.262 e. The van der Waals surface area contributed by atoms with E-state index < -0.39 is 0 Å². The maximum absolute atomic E-state index is 12.5. The van der Waals surface area contributed by atoms with E-state index in [1.165, 1.54) is 6.08 Å². The van der Waals surface area contributed by atoms with Crippen LogP contribution in [-0.2, 0) is 4.79 Å². The number of rotatable bonds is 4. The van der Waals surface area contributed by atoms with E-state index in [9.17, 15) is 9.59 Å². The topological polar surface area (TPSA) is 64.6 Å². The SMILES string of the molecule is COc1c(Br)cc(Br)cc1/C=C/C(=O)c1ccc2c(c1)NC(=O)CO2. The standard InChI is InChI=1S/C18H13Br2NO4/c1-24-18-11(6-12(19)8-13(18)20)2-4-15(22)10-3-5-16-14(7-10)21-17(23)9-25-16/h2-8H,9H2,1H3,(H,21,23)/b4-2+. The fraction of sp³-hybridized carbons (Fsp3) is 0.111. The number of hydrogen-bond acceptors (Lipinski definition) is 4. The average molecular weight is 467 g/mol. The Bertz CT molecular complexity index is 893. The number of amides is 1. The van der Waals surface area contributed by atoms with Crippen LogP contribution in [0.4, 0.5) is 5.69 Å². The van der Waals surface area contributed by atoms with Gasteiger partial charge in [0.2, 0.25) is 0 Å². The average Bonchev–Trinajstić information content (AvgIpc) is 2.58. The van der Waals surface area contributed by atoms with Crippen LogP contribution in [0.5, 0.6) is 11.5 Å². The largest absolute Gasteiger partial charge is 0.495 e. The number of carbonyl (C=O) groups is 2. The van der Waals surface area contributed by atoms with E-state index in [2.05, 4.69) is 37.2 Å². The minimum Gasteiger partial charge on any atom is -0.495 e. The van der Waals surface area contributed by atoms with Gasteiger partial charge < -0.3 is 14.8 Å². The number of allylic oxidation sites excluding steroid dienone is 1. The first kappa shape index (κ1) is 17.7. The Morgan fingerprint density at radius 2 is 2.08 bits per heavy atom. The van der Waals surface area contributed by atoms with Crippen molar-refractivity contribution in [2.45, 2.75) is 0 Å². The highest BCUT2D eigenvalue weighted by molar-refractivity contribution is 9.11. The Hall–Kier alpha value is -2.12. The van der Waals surface area contributed by atoms with Crippen LogP contribution in [0.2, 0.25) is 0 Å². The molecule has 0 aromatic heterocycles. The number of halogens is 2. The lowest BCUT2D eigenvalue weighted by Gasteiger charge is -2.18. The first-order valence-electron chi connectivity index (χ1n) is 7.30. The monoisotopic (exact) mass is 465 g/mol. The van der Waals surface area contributed by atoms with E-state index in [4.69, 9.17) is 9.47 Å². The normalized spacial score (nSPS) is 13.2. The van der Waals surface area contributed by atoms with Gasteiger partial charge in [-0.25, -0.2) is 0 Å². The molecule has 0 unspecified atom stereocenters. The molecular weight excluding hydrogens is 454 g/mol. The van der Waals surface area contributed by atoms with Crippen molar-refractivity contribution in [1.29, 1.82) is 0 Å². The van der Waals surface area contributed by atoms with Gasteiger partial charge in [0, 0.05) is 15.6 Å². The zero-order valence-corrected chi connectivity index (χ0v) is 16.3. The number of ketones is 1. The smallest absolute Gasteiger partial charge is 0.262 e. The first-order valence-corrected chi connectivity index (χ1v) is 8.88. The molecule has 1 N–H and O–H groups in total. The molecule has 0 radical (unpaired) electrons. The van der Waals surface area contributed by atoms with Gasteiger partial charge in [0.1, 0.15) is 11.5 Å². The molecule has 1 amide bonds. The lowest BCUT2D eigenvalue weighted by molar-refractivity contribution is -0.118. The van der Waals surface area contributed by atoms with Crippen molar-refractivity contribution in [3.8, 4) is 11.5 Å². The highest BCUT2D eigenvalue weighted by Crippen LogP contribution is 2.34. The van der Waals surface area contributed by atoms with E-state index in [1.807, 2.05) is 12.1 Å². The van der Waals surface area contributed by atoms with E-state index in [0.29, 0.717) is 22.7 Å². The summed E-state index contributed by atoms with van der Waals surface area (Å²) in [6.45, 7) is -0.0161. The van der Waals surface area contributed by atoms with E-state index in [-0.39, 0.29) is 18.3 Å². The first-order chi connectivity index (χ1) is 12.0. The van der Waals surface area contributed by atoms with Crippen molar-refractivity contribution in [3.05, 3.63) is 56.5 Å². The maximum atomic E-state index is 12.5. The molecule has 3 rings (SSSR count). The molecule has 1 aliphatic rings. The number of methoxy groups -OCH3 is 1. The van der Waals surface area contributed by atoms with Crippen LogP contribution in [0, 0.1) is 0 Å². The second kappa shape index (κ2) is 7.41. The van der Waals surface area contributed by atoms with Crippen LogP contribution >= 0.6 is 31.9 Å². The summed E-state index contributed by atoms with van der Waals surface area (Å²) in [5.41, 5.74) is 1.71. The summed E-state index contributed by atoms with van der Waals surface area (Å²) in [6.07, 6.45) is 3.15. The second-order valence-electron chi connectivity index (χ2n) is 5.26. The predicted molar refractivity (Wildman–Crippen MR) is 102 cm³/mol. The van der Waals surface area contributed by atoms with Crippen molar-refractivity contribution in [3.63, 3.8) is 0 Å². The molecule has 1 heterocycles. The third-order valence-corrected chi connectivity index (χ3v) is 4.60. The fourth-order valence-electron chi connectivity index (χ4n) is 2.42. The Morgan fingerprint density at radius 1 is 1.28 bits per heavy atom. The second-order valence-corrected chi connectivity index (χ2v) is 7.03. The number of carbonyl (C=O) groups excluding carboxylic acids is 2. The van der Waals surface area contributed by atoms with Crippen LogP contribution in [0.15, 0.2) is 45.4 Å². The molecule has 0 aliphatic carbocycles. The highest BCUT2D eigenvalue weighted by atomic mass is 79.9. The lowest BCUT2D eigenvalue weighted by Crippen LogP contribution is -2.25. The number of fused-ring (bicyclic) bond motifs is 1. The molecule has 0 saturated heterocycles. The van der Waals surface area contributed by atoms with Crippen molar-refractivity contribution in [2.75, 3.05) is 19.0 Å². The highest BCUT2D eigenvalue weighted by Gasteiger charge is 2.17. The third kappa shape index (κ3) is 3.93. The lowest BCUT2D eigenvalue weighted by atomic mass is 10.1. The molecule has 0 spiro atoms. The Kier molecular flexibility index (Phi) is 5.24.